The fourth-order valence-electron chi connectivity index (χ4n) is 1.84. The van der Waals surface area contributed by atoms with Crippen molar-refractivity contribution >= 4 is 17.8 Å². The lowest BCUT2D eigenvalue weighted by Crippen LogP contribution is -2.07. The van der Waals surface area contributed by atoms with Gasteiger partial charge in [-0.25, -0.2) is 0 Å². The van der Waals surface area contributed by atoms with Crippen LogP contribution in [0.25, 0.3) is 12.2 Å². The normalized spacial score (nSPS) is 10.8. The maximum atomic E-state index is 2.17. The van der Waals surface area contributed by atoms with Gasteiger partial charge in [0.1, 0.15) is 0 Å². The minimum atomic E-state index is 1.23. The van der Waals surface area contributed by atoms with E-state index in [0.29, 0.717) is 0 Å². The topological polar surface area (TPSA) is 3.24 Å². The number of anilines is 1. The summed E-state index contributed by atoms with van der Waals surface area (Å²) in [6.45, 7) is 2.13. The molecule has 92 valence electrons. The SMILES string of the molecule is Cc1ccccc1C=Cc1ccc(N(C)C)cc1. The van der Waals surface area contributed by atoms with Crippen LogP contribution < -0.4 is 4.90 Å². The Kier molecular flexibility index (Phi) is 3.83. The first-order chi connectivity index (χ1) is 8.66. The zero-order valence-electron chi connectivity index (χ0n) is 11.2. The second-order valence-electron chi connectivity index (χ2n) is 4.68. The molecule has 2 aromatic carbocycles. The number of benzene rings is 2. The highest BCUT2D eigenvalue weighted by Crippen LogP contribution is 2.15. The lowest BCUT2D eigenvalue weighted by Gasteiger charge is -2.11. The van der Waals surface area contributed by atoms with Gasteiger partial charge in [0.15, 0.2) is 0 Å². The lowest BCUT2D eigenvalue weighted by molar-refractivity contribution is 1.13. The van der Waals surface area contributed by atoms with E-state index in [4.69, 9.17) is 0 Å². The summed E-state index contributed by atoms with van der Waals surface area (Å²) < 4.78 is 0. The molecule has 0 aliphatic rings. The van der Waals surface area contributed by atoms with Gasteiger partial charge in [-0.15, -0.1) is 0 Å². The van der Waals surface area contributed by atoms with Crippen LogP contribution in [-0.4, -0.2) is 14.1 Å². The molecule has 18 heavy (non-hydrogen) atoms. The van der Waals surface area contributed by atoms with Crippen LogP contribution in [0, 0.1) is 6.92 Å². The molecule has 0 radical (unpaired) electrons. The number of nitrogens with zero attached hydrogens (tertiary/aromatic N) is 1. The number of hydrogen-bond donors (Lipinski definition) is 0. The molecule has 0 spiro atoms. The first kappa shape index (κ1) is 12.4. The van der Waals surface area contributed by atoms with Crippen molar-refractivity contribution in [2.45, 2.75) is 6.92 Å². The van der Waals surface area contributed by atoms with Crippen molar-refractivity contribution in [2.75, 3.05) is 19.0 Å². The zero-order valence-corrected chi connectivity index (χ0v) is 11.2. The van der Waals surface area contributed by atoms with Crippen molar-refractivity contribution < 1.29 is 0 Å². The Morgan fingerprint density at radius 1 is 0.833 bits per heavy atom. The highest BCUT2D eigenvalue weighted by Gasteiger charge is 1.94. The maximum absolute atomic E-state index is 2.17. The Labute approximate surface area is 109 Å². The summed E-state index contributed by atoms with van der Waals surface area (Å²) in [6, 6.07) is 17.0. The number of hydrogen-bond acceptors (Lipinski definition) is 1. The van der Waals surface area contributed by atoms with Gasteiger partial charge in [0, 0.05) is 19.8 Å². The second kappa shape index (κ2) is 5.54. The van der Waals surface area contributed by atoms with Gasteiger partial charge in [0.25, 0.3) is 0 Å². The van der Waals surface area contributed by atoms with Crippen LogP contribution in [-0.2, 0) is 0 Å². The largest absolute Gasteiger partial charge is 0.378 e. The molecule has 0 aliphatic heterocycles. The van der Waals surface area contributed by atoms with Gasteiger partial charge in [-0.05, 0) is 35.7 Å². The molecular weight excluding hydrogens is 218 g/mol. The molecule has 0 aliphatic carbocycles. The predicted molar refractivity (Wildman–Crippen MR) is 80.9 cm³/mol. The summed E-state index contributed by atoms with van der Waals surface area (Å²) in [5.74, 6) is 0. The van der Waals surface area contributed by atoms with E-state index in [1.807, 2.05) is 0 Å². The van der Waals surface area contributed by atoms with Crippen molar-refractivity contribution in [3.8, 4) is 0 Å². The molecule has 0 unspecified atom stereocenters. The molecule has 0 saturated carbocycles. The van der Waals surface area contributed by atoms with Crippen molar-refractivity contribution in [3.63, 3.8) is 0 Å². The van der Waals surface area contributed by atoms with Gasteiger partial charge in [0.05, 0.1) is 0 Å². The molecule has 0 atom stereocenters. The summed E-state index contributed by atoms with van der Waals surface area (Å²) in [7, 11) is 4.11. The van der Waals surface area contributed by atoms with E-state index in [1.54, 1.807) is 0 Å². The van der Waals surface area contributed by atoms with Gasteiger partial charge in [0.2, 0.25) is 0 Å². The van der Waals surface area contributed by atoms with Gasteiger partial charge in [-0.2, -0.15) is 0 Å². The molecule has 2 rings (SSSR count). The van der Waals surface area contributed by atoms with E-state index >= 15 is 0 Å². The first-order valence-electron chi connectivity index (χ1n) is 6.18. The van der Waals surface area contributed by atoms with Crippen molar-refractivity contribution in [1.82, 2.24) is 0 Å². The molecule has 2 aromatic rings. The van der Waals surface area contributed by atoms with Crippen LogP contribution in [0.5, 0.6) is 0 Å². The summed E-state index contributed by atoms with van der Waals surface area (Å²) in [4.78, 5) is 2.11. The van der Waals surface area contributed by atoms with E-state index in [0.717, 1.165) is 0 Å². The number of rotatable bonds is 3. The zero-order chi connectivity index (χ0) is 13.0. The molecular formula is C17H19N. The highest BCUT2D eigenvalue weighted by atomic mass is 15.1. The minimum absolute atomic E-state index is 1.23. The lowest BCUT2D eigenvalue weighted by atomic mass is 10.1. The Bertz CT molecular complexity index is 536. The Hall–Kier alpha value is -2.02. The van der Waals surface area contributed by atoms with E-state index in [9.17, 15) is 0 Å². The molecule has 1 heteroatoms. The third kappa shape index (κ3) is 3.01. The standard InChI is InChI=1S/C17H19N/c1-14-6-4-5-7-16(14)11-8-15-9-12-17(13-10-15)18(2)3/h4-13H,1-3H3. The molecule has 0 heterocycles. The molecule has 0 fully saturated rings. The molecule has 0 bridgehead atoms. The second-order valence-corrected chi connectivity index (χ2v) is 4.68. The average Bonchev–Trinajstić information content (AvgIpc) is 2.38. The third-order valence-corrected chi connectivity index (χ3v) is 3.05. The van der Waals surface area contributed by atoms with Gasteiger partial charge < -0.3 is 4.90 Å². The summed E-state index contributed by atoms with van der Waals surface area (Å²) in [5, 5.41) is 0. The monoisotopic (exact) mass is 237 g/mol. The van der Waals surface area contributed by atoms with Crippen molar-refractivity contribution in [3.05, 3.63) is 65.2 Å². The van der Waals surface area contributed by atoms with Crippen molar-refractivity contribution in [2.24, 2.45) is 0 Å². The van der Waals surface area contributed by atoms with E-state index in [2.05, 4.69) is 86.6 Å². The van der Waals surface area contributed by atoms with Gasteiger partial charge >= 0.3 is 0 Å². The van der Waals surface area contributed by atoms with E-state index in [1.165, 1.54) is 22.4 Å². The maximum Gasteiger partial charge on any atom is 0.0361 e. The highest BCUT2D eigenvalue weighted by molar-refractivity contribution is 5.71. The van der Waals surface area contributed by atoms with Crippen LogP contribution in [0.2, 0.25) is 0 Å². The Morgan fingerprint density at radius 2 is 1.50 bits per heavy atom. The van der Waals surface area contributed by atoms with Crippen molar-refractivity contribution in [1.29, 1.82) is 0 Å². The molecule has 0 amide bonds. The van der Waals surface area contributed by atoms with E-state index in [-0.39, 0.29) is 0 Å². The molecule has 1 nitrogen and oxygen atoms in total. The average molecular weight is 237 g/mol. The predicted octanol–water partition coefficient (Wildman–Crippen LogP) is 4.23. The summed E-state index contributed by atoms with van der Waals surface area (Å²) in [6.07, 6.45) is 4.32. The first-order valence-corrected chi connectivity index (χ1v) is 6.18. The van der Waals surface area contributed by atoms with Crippen LogP contribution in [0.15, 0.2) is 48.5 Å². The van der Waals surface area contributed by atoms with Crippen LogP contribution in [0.4, 0.5) is 5.69 Å². The van der Waals surface area contributed by atoms with Gasteiger partial charge in [-0.3, -0.25) is 0 Å². The minimum Gasteiger partial charge on any atom is -0.378 e. The Morgan fingerprint density at radius 3 is 2.11 bits per heavy atom. The fraction of sp³-hybridized carbons (Fsp3) is 0.176. The molecule has 0 saturated heterocycles. The Balaban J connectivity index is 2.17. The van der Waals surface area contributed by atoms with Crippen LogP contribution >= 0.6 is 0 Å². The van der Waals surface area contributed by atoms with Gasteiger partial charge in [-0.1, -0.05) is 48.6 Å². The molecule has 0 aromatic heterocycles. The smallest absolute Gasteiger partial charge is 0.0361 e. The van der Waals surface area contributed by atoms with Crippen LogP contribution in [0.1, 0.15) is 16.7 Å². The summed E-state index contributed by atoms with van der Waals surface area (Å²) >= 11 is 0. The number of aryl methyl sites for hydroxylation is 1. The molecule has 0 N–H and O–H groups in total. The van der Waals surface area contributed by atoms with E-state index < -0.39 is 0 Å². The summed E-state index contributed by atoms with van der Waals surface area (Å²) in [5.41, 5.74) is 5.03. The van der Waals surface area contributed by atoms with Crippen LogP contribution in [0.3, 0.4) is 0 Å². The quantitative estimate of drug-likeness (QED) is 0.722. The fourth-order valence-corrected chi connectivity index (χ4v) is 1.84. The third-order valence-electron chi connectivity index (χ3n) is 3.05.